The van der Waals surface area contributed by atoms with E-state index >= 15 is 0 Å². The van der Waals surface area contributed by atoms with Crippen molar-refractivity contribution in [1.29, 1.82) is 0 Å². The number of allylic oxidation sites excluding steroid dienone is 1. The van der Waals surface area contributed by atoms with Gasteiger partial charge in [0.2, 0.25) is 0 Å². The zero-order chi connectivity index (χ0) is 5.82. The summed E-state index contributed by atoms with van der Waals surface area (Å²) in [7, 11) is 0. The Morgan fingerprint density at radius 1 is 1.62 bits per heavy atom. The summed E-state index contributed by atoms with van der Waals surface area (Å²) < 4.78 is 5.14. The van der Waals surface area contributed by atoms with Gasteiger partial charge in [-0.15, -0.1) is 0 Å². The molecule has 0 aromatic rings. The van der Waals surface area contributed by atoms with Crippen molar-refractivity contribution < 1.29 is 4.74 Å². The van der Waals surface area contributed by atoms with Gasteiger partial charge in [0.1, 0.15) is 0 Å². The van der Waals surface area contributed by atoms with E-state index < -0.39 is 0 Å². The Balaban J connectivity index is 2.30. The van der Waals surface area contributed by atoms with E-state index in [0.717, 1.165) is 12.8 Å². The second kappa shape index (κ2) is 3.13. The Labute approximate surface area is 57.8 Å². The van der Waals surface area contributed by atoms with Gasteiger partial charge in [0.05, 0.1) is 6.26 Å². The quantitative estimate of drug-likeness (QED) is 0.516. The second-order valence-electron chi connectivity index (χ2n) is 1.85. The van der Waals surface area contributed by atoms with Crippen LogP contribution in [-0.4, -0.2) is 5.01 Å². The number of alkyl halides is 1. The van der Waals surface area contributed by atoms with Gasteiger partial charge in [-0.1, -0.05) is 0 Å². The van der Waals surface area contributed by atoms with Gasteiger partial charge in [-0.2, -0.15) is 0 Å². The van der Waals surface area contributed by atoms with Crippen molar-refractivity contribution in [3.8, 4) is 0 Å². The van der Waals surface area contributed by atoms with Gasteiger partial charge in [0, 0.05) is 0 Å². The minimum absolute atomic E-state index is 0.251. The molecule has 1 rings (SSSR count). The fourth-order valence-electron chi connectivity index (χ4n) is 0.673. The summed E-state index contributed by atoms with van der Waals surface area (Å²) in [5.74, 6) is 0. The van der Waals surface area contributed by atoms with Crippen LogP contribution in [0.3, 0.4) is 0 Å². The zero-order valence-corrected chi connectivity index (χ0v) is 6.23. The summed E-state index contributed by atoms with van der Waals surface area (Å²) in [6.07, 6.45) is 7.33. The molecule has 1 aliphatic rings. The van der Waals surface area contributed by atoms with E-state index in [-0.39, 0.29) is 5.01 Å². The first-order chi connectivity index (χ1) is 3.89. The fourth-order valence-corrected chi connectivity index (χ4v) is 1.12. The Bertz CT molecular complexity index is 90.5. The number of rotatable bonds is 0. The zero-order valence-electron chi connectivity index (χ0n) is 4.64. The molecule has 1 aliphatic heterocycles. The standard InChI is InChI=1S/C6H9BrO/c7-6-4-2-1-3-5-8-6/h3,5-6H,1-2,4H2. The lowest BCUT2D eigenvalue weighted by Gasteiger charge is -2.03. The van der Waals surface area contributed by atoms with Gasteiger partial charge in [-0.25, -0.2) is 0 Å². The van der Waals surface area contributed by atoms with Gasteiger partial charge in [0.15, 0.2) is 5.01 Å². The molecule has 0 fully saturated rings. The molecule has 1 heterocycles. The van der Waals surface area contributed by atoms with Crippen molar-refractivity contribution in [2.45, 2.75) is 24.3 Å². The first kappa shape index (κ1) is 6.14. The molecular weight excluding hydrogens is 168 g/mol. The van der Waals surface area contributed by atoms with Crippen molar-refractivity contribution in [2.24, 2.45) is 0 Å². The maximum absolute atomic E-state index is 5.14. The third-order valence-corrected chi connectivity index (χ3v) is 1.80. The van der Waals surface area contributed by atoms with Gasteiger partial charge in [0.25, 0.3) is 0 Å². The number of ether oxygens (including phenoxy) is 1. The molecule has 1 atom stereocenters. The summed E-state index contributed by atoms with van der Waals surface area (Å²) in [4.78, 5) is 0. The molecular formula is C6H9BrO. The lowest BCUT2D eigenvalue weighted by atomic mass is 10.2. The van der Waals surface area contributed by atoms with E-state index in [4.69, 9.17) is 4.74 Å². The summed E-state index contributed by atoms with van der Waals surface area (Å²) in [6.45, 7) is 0. The van der Waals surface area contributed by atoms with E-state index in [9.17, 15) is 0 Å². The van der Waals surface area contributed by atoms with E-state index in [1.807, 2.05) is 0 Å². The average Bonchev–Trinajstić information content (AvgIpc) is 1.94. The minimum Gasteiger partial charge on any atom is -0.487 e. The van der Waals surface area contributed by atoms with E-state index in [0.29, 0.717) is 0 Å². The highest BCUT2D eigenvalue weighted by Crippen LogP contribution is 2.15. The molecule has 0 amide bonds. The van der Waals surface area contributed by atoms with Crippen LogP contribution in [0, 0.1) is 0 Å². The van der Waals surface area contributed by atoms with Gasteiger partial charge in [-0.3, -0.25) is 0 Å². The molecule has 0 aromatic carbocycles. The number of hydrogen-bond donors (Lipinski definition) is 0. The van der Waals surface area contributed by atoms with Crippen LogP contribution in [0.4, 0.5) is 0 Å². The molecule has 1 unspecified atom stereocenters. The molecule has 0 saturated heterocycles. The molecule has 0 saturated carbocycles. The number of hydrogen-bond acceptors (Lipinski definition) is 1. The number of halogens is 1. The van der Waals surface area contributed by atoms with Gasteiger partial charge < -0.3 is 4.74 Å². The Morgan fingerprint density at radius 3 is 3.38 bits per heavy atom. The first-order valence-electron chi connectivity index (χ1n) is 2.84. The van der Waals surface area contributed by atoms with Crippen LogP contribution in [0.2, 0.25) is 0 Å². The van der Waals surface area contributed by atoms with Crippen molar-refractivity contribution in [3.63, 3.8) is 0 Å². The molecule has 0 spiro atoms. The monoisotopic (exact) mass is 176 g/mol. The van der Waals surface area contributed by atoms with Crippen molar-refractivity contribution in [3.05, 3.63) is 12.3 Å². The molecule has 0 aromatic heterocycles. The summed E-state index contributed by atoms with van der Waals surface area (Å²) in [5.41, 5.74) is 0. The molecule has 2 heteroatoms. The average molecular weight is 177 g/mol. The van der Waals surface area contributed by atoms with Crippen molar-refractivity contribution in [2.75, 3.05) is 0 Å². The SMILES string of the molecule is BrC1CCCC=CO1. The van der Waals surface area contributed by atoms with E-state index in [1.165, 1.54) is 6.42 Å². The third kappa shape index (κ3) is 1.86. The molecule has 0 radical (unpaired) electrons. The molecule has 0 aliphatic carbocycles. The third-order valence-electron chi connectivity index (χ3n) is 1.12. The van der Waals surface area contributed by atoms with Crippen molar-refractivity contribution >= 4 is 15.9 Å². The summed E-state index contributed by atoms with van der Waals surface area (Å²) in [6, 6.07) is 0. The minimum atomic E-state index is 0.251. The molecule has 8 heavy (non-hydrogen) atoms. The van der Waals surface area contributed by atoms with E-state index in [1.54, 1.807) is 6.26 Å². The molecule has 0 bridgehead atoms. The van der Waals surface area contributed by atoms with Crippen LogP contribution < -0.4 is 0 Å². The Kier molecular flexibility index (Phi) is 2.40. The second-order valence-corrected chi connectivity index (χ2v) is 2.87. The highest BCUT2D eigenvalue weighted by molar-refractivity contribution is 9.09. The Morgan fingerprint density at radius 2 is 2.50 bits per heavy atom. The first-order valence-corrected chi connectivity index (χ1v) is 3.76. The normalized spacial score (nSPS) is 28.9. The maximum Gasteiger partial charge on any atom is 0.152 e. The molecule has 1 nitrogen and oxygen atoms in total. The summed E-state index contributed by atoms with van der Waals surface area (Å²) in [5, 5.41) is 0.251. The summed E-state index contributed by atoms with van der Waals surface area (Å²) >= 11 is 3.36. The largest absolute Gasteiger partial charge is 0.487 e. The van der Waals surface area contributed by atoms with Gasteiger partial charge in [-0.05, 0) is 41.3 Å². The van der Waals surface area contributed by atoms with Crippen LogP contribution in [0.15, 0.2) is 12.3 Å². The lowest BCUT2D eigenvalue weighted by Crippen LogP contribution is -1.95. The Hall–Kier alpha value is 0.0200. The van der Waals surface area contributed by atoms with Crippen LogP contribution in [0.25, 0.3) is 0 Å². The van der Waals surface area contributed by atoms with Crippen LogP contribution >= 0.6 is 15.9 Å². The van der Waals surface area contributed by atoms with Crippen LogP contribution in [0.5, 0.6) is 0 Å². The highest BCUT2D eigenvalue weighted by Gasteiger charge is 2.02. The van der Waals surface area contributed by atoms with Gasteiger partial charge >= 0.3 is 0 Å². The predicted molar refractivity (Wildman–Crippen MR) is 36.8 cm³/mol. The maximum atomic E-state index is 5.14. The smallest absolute Gasteiger partial charge is 0.152 e. The van der Waals surface area contributed by atoms with Crippen LogP contribution in [-0.2, 0) is 4.74 Å². The lowest BCUT2D eigenvalue weighted by molar-refractivity contribution is 0.224. The predicted octanol–water partition coefficient (Wildman–Crippen LogP) is 2.42. The molecule has 46 valence electrons. The molecule has 0 N–H and O–H groups in total. The highest BCUT2D eigenvalue weighted by atomic mass is 79.9. The fraction of sp³-hybridized carbons (Fsp3) is 0.667. The van der Waals surface area contributed by atoms with Crippen molar-refractivity contribution in [1.82, 2.24) is 0 Å². The topological polar surface area (TPSA) is 9.23 Å². The van der Waals surface area contributed by atoms with E-state index in [2.05, 4.69) is 22.0 Å². The van der Waals surface area contributed by atoms with Crippen LogP contribution in [0.1, 0.15) is 19.3 Å².